The molecule has 0 amide bonds. The molecule has 2 atom stereocenters. The maximum absolute atomic E-state index is 4.36. The molecule has 1 saturated carbocycles. The van der Waals surface area contributed by atoms with Gasteiger partial charge in [-0.15, -0.1) is 11.3 Å². The second kappa shape index (κ2) is 5.87. The van der Waals surface area contributed by atoms with Gasteiger partial charge >= 0.3 is 0 Å². The van der Waals surface area contributed by atoms with E-state index < -0.39 is 0 Å². The van der Waals surface area contributed by atoms with Gasteiger partial charge in [-0.25, -0.2) is 4.98 Å². The van der Waals surface area contributed by atoms with E-state index in [9.17, 15) is 0 Å². The fourth-order valence-electron chi connectivity index (χ4n) is 2.13. The fraction of sp³-hybridized carbons (Fsp3) is 0.727. The first-order chi connectivity index (χ1) is 7.40. The number of nitrogens with zero attached hydrogens (tertiary/aromatic N) is 1. The van der Waals surface area contributed by atoms with Gasteiger partial charge in [0.1, 0.15) is 4.34 Å². The van der Waals surface area contributed by atoms with E-state index in [0.717, 1.165) is 11.8 Å². The number of hydrogen-bond acceptors (Lipinski definition) is 4. The fourth-order valence-corrected chi connectivity index (χ4v) is 4.31. The summed E-state index contributed by atoms with van der Waals surface area (Å²) in [6, 6.07) is 0.692. The van der Waals surface area contributed by atoms with Crippen LogP contribution in [0.1, 0.15) is 32.6 Å². The monoisotopic (exact) mass is 242 g/mol. The normalized spacial score (nSPS) is 26.7. The average molecular weight is 242 g/mol. The van der Waals surface area contributed by atoms with Crippen molar-refractivity contribution >= 4 is 23.1 Å². The molecule has 2 nitrogen and oxygen atoms in total. The third-order valence-corrected chi connectivity index (χ3v) is 5.15. The maximum atomic E-state index is 4.36. The smallest absolute Gasteiger partial charge is 0.150 e. The average Bonchev–Trinajstić information content (AvgIpc) is 2.74. The van der Waals surface area contributed by atoms with Crippen molar-refractivity contribution in [2.75, 3.05) is 6.54 Å². The molecule has 0 saturated heterocycles. The Bertz CT molecular complexity index is 272. The number of thiazole rings is 1. The van der Waals surface area contributed by atoms with Crippen molar-refractivity contribution in [1.29, 1.82) is 0 Å². The van der Waals surface area contributed by atoms with Crippen molar-refractivity contribution in [3.8, 4) is 0 Å². The Hall–Kier alpha value is -0.0600. The van der Waals surface area contributed by atoms with Crippen molar-refractivity contribution < 1.29 is 0 Å². The van der Waals surface area contributed by atoms with Gasteiger partial charge in [0.05, 0.1) is 0 Å². The second-order valence-electron chi connectivity index (χ2n) is 3.90. The Morgan fingerprint density at radius 1 is 1.53 bits per heavy atom. The summed E-state index contributed by atoms with van der Waals surface area (Å²) in [5.41, 5.74) is 0. The molecule has 0 spiro atoms. The van der Waals surface area contributed by atoms with Crippen LogP contribution in [0.4, 0.5) is 0 Å². The van der Waals surface area contributed by atoms with E-state index in [0.29, 0.717) is 6.04 Å². The van der Waals surface area contributed by atoms with E-state index in [1.807, 2.05) is 18.0 Å². The third-order valence-electron chi connectivity index (χ3n) is 2.83. The van der Waals surface area contributed by atoms with Gasteiger partial charge in [0.25, 0.3) is 0 Å². The summed E-state index contributed by atoms with van der Waals surface area (Å²) in [6.45, 7) is 3.28. The van der Waals surface area contributed by atoms with Crippen LogP contribution in [-0.4, -0.2) is 22.8 Å². The standard InChI is InChI=1S/C11H18N2S2/c1-2-12-9-5-3-4-6-10(9)15-11-13-7-8-14-11/h7-10,12H,2-6H2,1H3. The molecule has 15 heavy (non-hydrogen) atoms. The van der Waals surface area contributed by atoms with Gasteiger partial charge in [-0.3, -0.25) is 0 Å². The Morgan fingerprint density at radius 3 is 3.13 bits per heavy atom. The van der Waals surface area contributed by atoms with E-state index >= 15 is 0 Å². The summed E-state index contributed by atoms with van der Waals surface area (Å²) >= 11 is 3.72. The van der Waals surface area contributed by atoms with Crippen LogP contribution < -0.4 is 5.32 Å². The zero-order valence-electron chi connectivity index (χ0n) is 9.11. The lowest BCUT2D eigenvalue weighted by Crippen LogP contribution is -2.40. The summed E-state index contributed by atoms with van der Waals surface area (Å²) in [7, 11) is 0. The van der Waals surface area contributed by atoms with E-state index in [2.05, 4.69) is 22.6 Å². The molecule has 1 aliphatic carbocycles. The Labute approximate surface area is 99.9 Å². The number of rotatable bonds is 4. The molecular formula is C11H18N2S2. The van der Waals surface area contributed by atoms with Crippen molar-refractivity contribution in [2.45, 2.75) is 48.2 Å². The SMILES string of the molecule is CCNC1CCCCC1Sc1nccs1. The Balaban J connectivity index is 1.92. The summed E-state index contributed by atoms with van der Waals surface area (Å²) < 4.78 is 1.23. The van der Waals surface area contributed by atoms with Gasteiger partial charge < -0.3 is 5.32 Å². The van der Waals surface area contributed by atoms with E-state index in [4.69, 9.17) is 0 Å². The molecule has 2 unspecified atom stereocenters. The summed E-state index contributed by atoms with van der Waals surface area (Å²) in [6.07, 6.45) is 7.33. The first-order valence-corrected chi connectivity index (χ1v) is 7.45. The first-order valence-electron chi connectivity index (χ1n) is 5.69. The summed E-state index contributed by atoms with van der Waals surface area (Å²) in [5, 5.41) is 6.39. The molecule has 0 radical (unpaired) electrons. The topological polar surface area (TPSA) is 24.9 Å². The predicted octanol–water partition coefficient (Wildman–Crippen LogP) is 3.16. The van der Waals surface area contributed by atoms with Crippen LogP contribution in [-0.2, 0) is 0 Å². The van der Waals surface area contributed by atoms with Crippen molar-refractivity contribution in [1.82, 2.24) is 10.3 Å². The van der Waals surface area contributed by atoms with Crippen LogP contribution in [0.3, 0.4) is 0 Å². The van der Waals surface area contributed by atoms with Crippen LogP contribution in [0.5, 0.6) is 0 Å². The molecule has 4 heteroatoms. The van der Waals surface area contributed by atoms with Gasteiger partial charge in [0, 0.05) is 22.9 Å². The highest BCUT2D eigenvalue weighted by Crippen LogP contribution is 2.34. The molecule has 2 rings (SSSR count). The third kappa shape index (κ3) is 3.20. The minimum atomic E-state index is 0.692. The van der Waals surface area contributed by atoms with Crippen LogP contribution in [0.2, 0.25) is 0 Å². The van der Waals surface area contributed by atoms with Gasteiger partial charge in [0.2, 0.25) is 0 Å². The minimum Gasteiger partial charge on any atom is -0.313 e. The van der Waals surface area contributed by atoms with Crippen LogP contribution in [0, 0.1) is 0 Å². The molecule has 1 N–H and O–H groups in total. The van der Waals surface area contributed by atoms with Gasteiger partial charge in [0.15, 0.2) is 0 Å². The zero-order valence-corrected chi connectivity index (χ0v) is 10.7. The highest BCUT2D eigenvalue weighted by atomic mass is 32.2. The lowest BCUT2D eigenvalue weighted by atomic mass is 9.95. The molecular weight excluding hydrogens is 224 g/mol. The van der Waals surface area contributed by atoms with E-state index in [1.165, 1.54) is 30.0 Å². The van der Waals surface area contributed by atoms with Crippen molar-refractivity contribution in [2.24, 2.45) is 0 Å². The number of hydrogen-bond donors (Lipinski definition) is 1. The largest absolute Gasteiger partial charge is 0.313 e. The van der Waals surface area contributed by atoms with Gasteiger partial charge in [-0.2, -0.15) is 0 Å². The quantitative estimate of drug-likeness (QED) is 0.878. The first kappa shape index (κ1) is 11.4. The van der Waals surface area contributed by atoms with Crippen LogP contribution >= 0.6 is 23.1 Å². The van der Waals surface area contributed by atoms with Crippen molar-refractivity contribution in [3.63, 3.8) is 0 Å². The maximum Gasteiger partial charge on any atom is 0.150 e. The van der Waals surface area contributed by atoms with Gasteiger partial charge in [-0.05, 0) is 19.4 Å². The number of nitrogens with one attached hydrogen (secondary N) is 1. The van der Waals surface area contributed by atoms with E-state index in [-0.39, 0.29) is 0 Å². The highest BCUT2D eigenvalue weighted by Gasteiger charge is 2.25. The van der Waals surface area contributed by atoms with Gasteiger partial charge in [-0.1, -0.05) is 31.5 Å². The number of aromatic nitrogens is 1. The lowest BCUT2D eigenvalue weighted by molar-refractivity contribution is 0.391. The Morgan fingerprint density at radius 2 is 2.40 bits per heavy atom. The molecule has 0 aliphatic heterocycles. The summed E-state index contributed by atoms with van der Waals surface area (Å²) in [5.74, 6) is 0. The second-order valence-corrected chi connectivity index (χ2v) is 6.28. The molecule has 1 aromatic heterocycles. The van der Waals surface area contributed by atoms with E-state index in [1.54, 1.807) is 11.3 Å². The lowest BCUT2D eigenvalue weighted by Gasteiger charge is -2.30. The summed E-state index contributed by atoms with van der Waals surface area (Å²) in [4.78, 5) is 4.36. The van der Waals surface area contributed by atoms with Crippen LogP contribution in [0.25, 0.3) is 0 Å². The Kier molecular flexibility index (Phi) is 4.47. The minimum absolute atomic E-state index is 0.692. The molecule has 1 aliphatic rings. The zero-order chi connectivity index (χ0) is 10.5. The predicted molar refractivity (Wildman–Crippen MR) is 67.7 cm³/mol. The van der Waals surface area contributed by atoms with Crippen molar-refractivity contribution in [3.05, 3.63) is 11.6 Å². The molecule has 1 aromatic rings. The number of thioether (sulfide) groups is 1. The molecule has 0 aromatic carbocycles. The molecule has 0 bridgehead atoms. The highest BCUT2D eigenvalue weighted by molar-refractivity contribution is 8.01. The molecule has 84 valence electrons. The molecule has 1 fully saturated rings. The molecule has 1 heterocycles. The van der Waals surface area contributed by atoms with Crippen LogP contribution in [0.15, 0.2) is 15.9 Å².